The van der Waals surface area contributed by atoms with Crippen molar-refractivity contribution in [3.63, 3.8) is 0 Å². The fourth-order valence-electron chi connectivity index (χ4n) is 2.57. The number of ether oxygens (including phenoxy) is 1. The molecule has 3 rings (SSSR count). The zero-order chi connectivity index (χ0) is 15.4. The molecule has 1 amide bonds. The Morgan fingerprint density at radius 1 is 1.50 bits per heavy atom. The number of amides is 1. The second-order valence-corrected chi connectivity index (χ2v) is 5.16. The van der Waals surface area contributed by atoms with Crippen LogP contribution < -0.4 is 10.1 Å². The van der Waals surface area contributed by atoms with E-state index in [-0.39, 0.29) is 11.9 Å². The number of furan rings is 1. The third kappa shape index (κ3) is 3.19. The van der Waals surface area contributed by atoms with Crippen molar-refractivity contribution in [3.8, 4) is 5.88 Å². The lowest BCUT2D eigenvalue weighted by Crippen LogP contribution is -2.45. The summed E-state index contributed by atoms with van der Waals surface area (Å²) in [5, 5.41) is 3.33. The summed E-state index contributed by atoms with van der Waals surface area (Å²) in [7, 11) is 1.57. The van der Waals surface area contributed by atoms with Crippen LogP contribution >= 0.6 is 0 Å². The van der Waals surface area contributed by atoms with Gasteiger partial charge in [-0.1, -0.05) is 0 Å². The van der Waals surface area contributed by atoms with Crippen molar-refractivity contribution in [1.29, 1.82) is 0 Å². The van der Waals surface area contributed by atoms with E-state index in [2.05, 4.69) is 15.3 Å². The number of hydrogen-bond acceptors (Lipinski definition) is 6. The van der Waals surface area contributed by atoms with Gasteiger partial charge in [-0.25, -0.2) is 9.97 Å². The Balaban J connectivity index is 1.64. The first-order valence-corrected chi connectivity index (χ1v) is 7.21. The summed E-state index contributed by atoms with van der Waals surface area (Å²) < 4.78 is 10.3. The fourth-order valence-corrected chi connectivity index (χ4v) is 2.57. The highest BCUT2D eigenvalue weighted by atomic mass is 16.5. The minimum absolute atomic E-state index is 0.0724. The van der Waals surface area contributed by atoms with E-state index in [9.17, 15) is 4.79 Å². The molecule has 0 bridgehead atoms. The quantitative estimate of drug-likeness (QED) is 0.927. The summed E-state index contributed by atoms with van der Waals surface area (Å²) in [5.41, 5.74) is 0. The molecule has 0 saturated carbocycles. The number of likely N-dealkylation sites (tertiary alicyclic amines) is 1. The molecule has 7 nitrogen and oxygen atoms in total. The number of aromatic nitrogens is 2. The van der Waals surface area contributed by atoms with Gasteiger partial charge in [-0.05, 0) is 25.0 Å². The number of rotatable bonds is 4. The average molecular weight is 302 g/mol. The van der Waals surface area contributed by atoms with Crippen molar-refractivity contribution in [2.45, 2.75) is 18.9 Å². The monoisotopic (exact) mass is 302 g/mol. The Labute approximate surface area is 128 Å². The van der Waals surface area contributed by atoms with Gasteiger partial charge < -0.3 is 19.4 Å². The van der Waals surface area contributed by atoms with Crippen molar-refractivity contribution in [2.24, 2.45) is 0 Å². The normalized spacial score (nSPS) is 18.0. The van der Waals surface area contributed by atoms with Crippen LogP contribution in [-0.2, 0) is 0 Å². The van der Waals surface area contributed by atoms with E-state index in [1.165, 1.54) is 12.6 Å². The van der Waals surface area contributed by atoms with Crippen molar-refractivity contribution in [3.05, 3.63) is 36.5 Å². The Hall–Kier alpha value is -2.57. The number of anilines is 1. The molecule has 1 atom stereocenters. The highest BCUT2D eigenvalue weighted by Crippen LogP contribution is 2.18. The molecule has 0 aromatic carbocycles. The van der Waals surface area contributed by atoms with Gasteiger partial charge in [0, 0.05) is 25.2 Å². The van der Waals surface area contributed by atoms with Crippen LogP contribution in [0.3, 0.4) is 0 Å². The van der Waals surface area contributed by atoms with E-state index in [1.807, 2.05) is 0 Å². The van der Waals surface area contributed by atoms with Crippen LogP contribution in [0.25, 0.3) is 0 Å². The lowest BCUT2D eigenvalue weighted by Gasteiger charge is -2.32. The number of hydrogen-bond donors (Lipinski definition) is 1. The molecule has 0 spiro atoms. The molecule has 2 aromatic heterocycles. The number of piperidine rings is 1. The average Bonchev–Trinajstić information content (AvgIpc) is 3.09. The number of nitrogens with one attached hydrogen (secondary N) is 1. The third-order valence-electron chi connectivity index (χ3n) is 3.64. The number of methoxy groups -OCH3 is 1. The molecule has 3 heterocycles. The molecule has 1 fully saturated rings. The van der Waals surface area contributed by atoms with Crippen molar-refractivity contribution < 1.29 is 13.9 Å². The summed E-state index contributed by atoms with van der Waals surface area (Å²) in [6.45, 7) is 1.36. The maximum absolute atomic E-state index is 12.3. The largest absolute Gasteiger partial charge is 0.481 e. The summed E-state index contributed by atoms with van der Waals surface area (Å²) in [6.07, 6.45) is 4.89. The highest BCUT2D eigenvalue weighted by Gasteiger charge is 2.26. The molecule has 0 unspecified atom stereocenters. The van der Waals surface area contributed by atoms with Gasteiger partial charge >= 0.3 is 0 Å². The van der Waals surface area contributed by atoms with E-state index >= 15 is 0 Å². The number of nitrogens with zero attached hydrogens (tertiary/aromatic N) is 3. The predicted octanol–water partition coefficient (Wildman–Crippen LogP) is 1.79. The second-order valence-electron chi connectivity index (χ2n) is 5.16. The molecule has 1 aliphatic rings. The number of carbonyl (C=O) groups is 1. The topological polar surface area (TPSA) is 80.5 Å². The second kappa shape index (κ2) is 6.46. The molecule has 116 valence electrons. The van der Waals surface area contributed by atoms with E-state index < -0.39 is 0 Å². The van der Waals surface area contributed by atoms with E-state index in [4.69, 9.17) is 9.15 Å². The van der Waals surface area contributed by atoms with Crippen LogP contribution in [0.2, 0.25) is 0 Å². The van der Waals surface area contributed by atoms with Gasteiger partial charge in [-0.2, -0.15) is 0 Å². The van der Waals surface area contributed by atoms with Crippen LogP contribution in [0.5, 0.6) is 5.88 Å². The first kappa shape index (κ1) is 14.4. The summed E-state index contributed by atoms with van der Waals surface area (Å²) in [5.74, 6) is 1.52. The lowest BCUT2D eigenvalue weighted by molar-refractivity contribution is 0.0682. The molecule has 22 heavy (non-hydrogen) atoms. The molecule has 1 saturated heterocycles. The SMILES string of the molecule is COc1cc(N[C@@H]2CCCN(C(=O)c3ccco3)C2)ncn1. The molecule has 0 radical (unpaired) electrons. The van der Waals surface area contributed by atoms with Crippen molar-refractivity contribution >= 4 is 11.7 Å². The molecule has 1 N–H and O–H groups in total. The van der Waals surface area contributed by atoms with Gasteiger partial charge in [0.05, 0.1) is 13.4 Å². The first-order valence-electron chi connectivity index (χ1n) is 7.21. The Bertz CT molecular complexity index is 629. The minimum Gasteiger partial charge on any atom is -0.481 e. The smallest absolute Gasteiger partial charge is 0.289 e. The summed E-state index contributed by atoms with van der Waals surface area (Å²) >= 11 is 0. The molecule has 1 aliphatic heterocycles. The number of carbonyl (C=O) groups excluding carboxylic acids is 1. The van der Waals surface area contributed by atoms with Crippen molar-refractivity contribution in [1.82, 2.24) is 14.9 Å². The first-order chi connectivity index (χ1) is 10.8. The highest BCUT2D eigenvalue weighted by molar-refractivity contribution is 5.91. The zero-order valence-electron chi connectivity index (χ0n) is 12.4. The maximum Gasteiger partial charge on any atom is 0.289 e. The molecule has 0 aliphatic carbocycles. The summed E-state index contributed by atoms with van der Waals surface area (Å²) in [6, 6.07) is 5.30. The van der Waals surface area contributed by atoms with Crippen LogP contribution in [0.15, 0.2) is 35.2 Å². The van der Waals surface area contributed by atoms with Crippen LogP contribution in [0, 0.1) is 0 Å². The zero-order valence-corrected chi connectivity index (χ0v) is 12.4. The fraction of sp³-hybridized carbons (Fsp3) is 0.400. The van der Waals surface area contributed by atoms with E-state index in [0.717, 1.165) is 19.4 Å². The molecular weight excluding hydrogens is 284 g/mol. The molecule has 7 heteroatoms. The van der Waals surface area contributed by atoms with Gasteiger partial charge in [0.1, 0.15) is 12.1 Å². The van der Waals surface area contributed by atoms with E-state index in [1.54, 1.807) is 30.2 Å². The minimum atomic E-state index is -0.0724. The van der Waals surface area contributed by atoms with Gasteiger partial charge in [0.25, 0.3) is 5.91 Å². The Kier molecular flexibility index (Phi) is 4.22. The van der Waals surface area contributed by atoms with Gasteiger partial charge in [0.15, 0.2) is 5.76 Å². The van der Waals surface area contributed by atoms with Gasteiger partial charge in [0.2, 0.25) is 5.88 Å². The Morgan fingerprint density at radius 3 is 3.18 bits per heavy atom. The van der Waals surface area contributed by atoms with Crippen molar-refractivity contribution in [2.75, 3.05) is 25.5 Å². The Morgan fingerprint density at radius 2 is 2.41 bits per heavy atom. The predicted molar refractivity (Wildman–Crippen MR) is 79.8 cm³/mol. The van der Waals surface area contributed by atoms with Gasteiger partial charge in [-0.15, -0.1) is 0 Å². The molecule has 2 aromatic rings. The maximum atomic E-state index is 12.3. The van der Waals surface area contributed by atoms with E-state index in [0.29, 0.717) is 24.0 Å². The summed E-state index contributed by atoms with van der Waals surface area (Å²) in [4.78, 5) is 22.3. The molecular formula is C15H18N4O3. The lowest BCUT2D eigenvalue weighted by atomic mass is 10.1. The van der Waals surface area contributed by atoms with Crippen LogP contribution in [-0.4, -0.2) is 47.0 Å². The van der Waals surface area contributed by atoms with Gasteiger partial charge in [-0.3, -0.25) is 4.79 Å². The van der Waals surface area contributed by atoms with Crippen LogP contribution in [0.4, 0.5) is 5.82 Å². The standard InChI is InChI=1S/C15H18N4O3/c1-21-14-8-13(16-10-17-14)18-11-4-2-6-19(9-11)15(20)12-5-3-7-22-12/h3,5,7-8,10-11H,2,4,6,9H2,1H3,(H,16,17,18)/t11-/m1/s1. The third-order valence-corrected chi connectivity index (χ3v) is 3.64. The van der Waals surface area contributed by atoms with Crippen LogP contribution in [0.1, 0.15) is 23.4 Å².